The molecule has 0 amide bonds. The first-order valence-electron chi connectivity index (χ1n) is 5.36. The van der Waals surface area contributed by atoms with Gasteiger partial charge in [-0.15, -0.1) is 6.58 Å². The molecule has 2 nitrogen and oxygen atoms in total. The van der Waals surface area contributed by atoms with E-state index in [1.807, 2.05) is 30.3 Å². The van der Waals surface area contributed by atoms with Gasteiger partial charge in [0.25, 0.3) is 0 Å². The van der Waals surface area contributed by atoms with Gasteiger partial charge in [-0.05, 0) is 43.0 Å². The summed E-state index contributed by atoms with van der Waals surface area (Å²) in [7, 11) is 1.68. The summed E-state index contributed by atoms with van der Waals surface area (Å²) in [4.78, 5) is 0. The minimum absolute atomic E-state index is 0.415. The number of hydrogen-bond acceptors (Lipinski definition) is 2. The van der Waals surface area contributed by atoms with Crippen molar-refractivity contribution >= 4 is 5.69 Å². The van der Waals surface area contributed by atoms with E-state index in [1.54, 1.807) is 7.11 Å². The predicted molar refractivity (Wildman–Crippen MR) is 63.3 cm³/mol. The van der Waals surface area contributed by atoms with Gasteiger partial charge in [-0.1, -0.05) is 6.08 Å². The lowest BCUT2D eigenvalue weighted by atomic mass is 10.1. The Morgan fingerprint density at radius 2 is 2.07 bits per heavy atom. The van der Waals surface area contributed by atoms with E-state index in [1.165, 1.54) is 12.8 Å². The number of hydrogen-bond donors (Lipinski definition) is 1. The molecule has 1 aromatic rings. The summed E-state index contributed by atoms with van der Waals surface area (Å²) in [6.07, 6.45) is 4.64. The van der Waals surface area contributed by atoms with E-state index >= 15 is 0 Å². The quantitative estimate of drug-likeness (QED) is 0.742. The number of ether oxygens (including phenoxy) is 1. The van der Waals surface area contributed by atoms with Crippen LogP contribution in [0.3, 0.4) is 0 Å². The smallest absolute Gasteiger partial charge is 0.119 e. The Hall–Kier alpha value is -1.44. The zero-order valence-electron chi connectivity index (χ0n) is 9.07. The van der Waals surface area contributed by atoms with Crippen LogP contribution in [0.1, 0.15) is 12.8 Å². The molecule has 0 spiro atoms. The molecule has 15 heavy (non-hydrogen) atoms. The molecule has 0 aromatic heterocycles. The van der Waals surface area contributed by atoms with E-state index in [9.17, 15) is 0 Å². The maximum atomic E-state index is 5.11. The third-order valence-corrected chi connectivity index (χ3v) is 2.81. The Bertz CT molecular complexity index is 327. The Labute approximate surface area is 91.0 Å². The standard InChI is InChI=1S/C13H17NO/c1-3-13(10-4-5-10)14-11-6-8-12(15-2)9-7-11/h3,6-10,13-14H,1,4-5H2,2H3/t13-/m0/s1. The molecule has 0 aliphatic heterocycles. The van der Waals surface area contributed by atoms with Gasteiger partial charge in [0.05, 0.1) is 7.11 Å². The van der Waals surface area contributed by atoms with Crippen molar-refractivity contribution in [2.45, 2.75) is 18.9 Å². The highest BCUT2D eigenvalue weighted by Gasteiger charge is 2.28. The van der Waals surface area contributed by atoms with Crippen molar-refractivity contribution in [2.24, 2.45) is 5.92 Å². The first-order chi connectivity index (χ1) is 7.33. The largest absolute Gasteiger partial charge is 0.497 e. The predicted octanol–water partition coefficient (Wildman–Crippen LogP) is 3.07. The Morgan fingerprint density at radius 3 is 2.53 bits per heavy atom. The molecule has 0 heterocycles. The Balaban J connectivity index is 1.99. The van der Waals surface area contributed by atoms with Crippen LogP contribution < -0.4 is 10.1 Å². The van der Waals surface area contributed by atoms with Crippen LogP contribution in [0.2, 0.25) is 0 Å². The van der Waals surface area contributed by atoms with Crippen LogP contribution in [0, 0.1) is 5.92 Å². The van der Waals surface area contributed by atoms with E-state index < -0.39 is 0 Å². The SMILES string of the molecule is C=C[C@H](Nc1ccc(OC)cc1)C1CC1. The molecule has 2 heteroatoms. The van der Waals surface area contributed by atoms with Gasteiger partial charge in [-0.3, -0.25) is 0 Å². The molecular formula is C13H17NO. The topological polar surface area (TPSA) is 21.3 Å². The van der Waals surface area contributed by atoms with Crippen molar-refractivity contribution in [1.82, 2.24) is 0 Å². The molecule has 0 unspecified atom stereocenters. The van der Waals surface area contributed by atoms with Gasteiger partial charge in [-0.25, -0.2) is 0 Å². The maximum Gasteiger partial charge on any atom is 0.119 e. The van der Waals surface area contributed by atoms with E-state index in [4.69, 9.17) is 4.74 Å². The number of benzene rings is 1. The molecule has 1 aromatic carbocycles. The molecule has 2 rings (SSSR count). The summed E-state index contributed by atoms with van der Waals surface area (Å²) in [5.41, 5.74) is 1.13. The van der Waals surface area contributed by atoms with Gasteiger partial charge >= 0.3 is 0 Å². The van der Waals surface area contributed by atoms with Crippen LogP contribution in [0.25, 0.3) is 0 Å². The van der Waals surface area contributed by atoms with Gasteiger partial charge in [0, 0.05) is 11.7 Å². The second-order valence-corrected chi connectivity index (χ2v) is 3.97. The van der Waals surface area contributed by atoms with Gasteiger partial charge < -0.3 is 10.1 Å². The molecule has 1 atom stereocenters. The van der Waals surface area contributed by atoms with Crippen LogP contribution in [-0.4, -0.2) is 13.2 Å². The van der Waals surface area contributed by atoms with Crippen molar-refractivity contribution < 1.29 is 4.74 Å². The molecule has 1 aliphatic carbocycles. The van der Waals surface area contributed by atoms with Crippen LogP contribution in [0.4, 0.5) is 5.69 Å². The van der Waals surface area contributed by atoms with Gasteiger partial charge in [-0.2, -0.15) is 0 Å². The third kappa shape index (κ3) is 2.52. The average Bonchev–Trinajstić information content (AvgIpc) is 3.10. The highest BCUT2D eigenvalue weighted by molar-refractivity contribution is 5.48. The lowest BCUT2D eigenvalue weighted by Crippen LogP contribution is -2.18. The summed E-state index contributed by atoms with van der Waals surface area (Å²) < 4.78 is 5.11. The number of nitrogens with one attached hydrogen (secondary N) is 1. The normalized spacial score (nSPS) is 16.9. The molecule has 80 valence electrons. The zero-order chi connectivity index (χ0) is 10.7. The second-order valence-electron chi connectivity index (χ2n) is 3.97. The van der Waals surface area contributed by atoms with Gasteiger partial charge in [0.1, 0.15) is 5.75 Å². The van der Waals surface area contributed by atoms with Crippen LogP contribution in [0.15, 0.2) is 36.9 Å². The number of rotatable bonds is 5. The van der Waals surface area contributed by atoms with Gasteiger partial charge in [0.2, 0.25) is 0 Å². The molecular weight excluding hydrogens is 186 g/mol. The molecule has 1 aliphatic rings. The van der Waals surface area contributed by atoms with E-state index in [2.05, 4.69) is 11.9 Å². The second kappa shape index (κ2) is 4.39. The Morgan fingerprint density at radius 1 is 1.40 bits per heavy atom. The summed E-state index contributed by atoms with van der Waals surface area (Å²) in [5.74, 6) is 1.67. The van der Waals surface area contributed by atoms with Gasteiger partial charge in [0.15, 0.2) is 0 Å². The summed E-state index contributed by atoms with van der Waals surface area (Å²) in [5, 5.41) is 3.47. The van der Waals surface area contributed by atoms with Crippen LogP contribution in [-0.2, 0) is 0 Å². The molecule has 0 bridgehead atoms. The first-order valence-corrected chi connectivity index (χ1v) is 5.36. The first kappa shape index (κ1) is 10.1. The maximum absolute atomic E-state index is 5.11. The highest BCUT2D eigenvalue weighted by atomic mass is 16.5. The zero-order valence-corrected chi connectivity index (χ0v) is 9.07. The lowest BCUT2D eigenvalue weighted by Gasteiger charge is -2.15. The fraction of sp³-hybridized carbons (Fsp3) is 0.385. The molecule has 1 fully saturated rings. The average molecular weight is 203 g/mol. The number of anilines is 1. The van der Waals surface area contributed by atoms with Crippen molar-refractivity contribution in [2.75, 3.05) is 12.4 Å². The third-order valence-electron chi connectivity index (χ3n) is 2.81. The monoisotopic (exact) mass is 203 g/mol. The van der Waals surface area contributed by atoms with E-state index in [0.29, 0.717) is 6.04 Å². The highest BCUT2D eigenvalue weighted by Crippen LogP contribution is 2.34. The van der Waals surface area contributed by atoms with Crippen LogP contribution in [0.5, 0.6) is 5.75 Å². The fourth-order valence-electron chi connectivity index (χ4n) is 1.70. The fourth-order valence-corrected chi connectivity index (χ4v) is 1.70. The van der Waals surface area contributed by atoms with Crippen molar-refractivity contribution in [3.8, 4) is 5.75 Å². The van der Waals surface area contributed by atoms with E-state index in [-0.39, 0.29) is 0 Å². The van der Waals surface area contributed by atoms with E-state index in [0.717, 1.165) is 17.4 Å². The Kier molecular flexibility index (Phi) is 2.95. The molecule has 1 saturated carbocycles. The van der Waals surface area contributed by atoms with Crippen LogP contribution >= 0.6 is 0 Å². The summed E-state index contributed by atoms with van der Waals surface area (Å²) in [6.45, 7) is 3.86. The van der Waals surface area contributed by atoms with Crippen molar-refractivity contribution in [3.05, 3.63) is 36.9 Å². The number of methoxy groups -OCH3 is 1. The van der Waals surface area contributed by atoms with Crippen molar-refractivity contribution in [1.29, 1.82) is 0 Å². The van der Waals surface area contributed by atoms with Crippen molar-refractivity contribution in [3.63, 3.8) is 0 Å². The molecule has 0 radical (unpaired) electrons. The minimum atomic E-state index is 0.415. The summed E-state index contributed by atoms with van der Waals surface area (Å²) >= 11 is 0. The lowest BCUT2D eigenvalue weighted by molar-refractivity contribution is 0.415. The molecule has 0 saturated heterocycles. The molecule has 1 N–H and O–H groups in total. The summed E-state index contributed by atoms with van der Waals surface area (Å²) in [6, 6.07) is 8.43. The minimum Gasteiger partial charge on any atom is -0.497 e.